The van der Waals surface area contributed by atoms with Crippen LogP contribution in [0.25, 0.3) is 0 Å². The molecule has 0 aromatic heterocycles. The highest BCUT2D eigenvalue weighted by molar-refractivity contribution is 5.90. The molecule has 1 unspecified atom stereocenters. The van der Waals surface area contributed by atoms with Gasteiger partial charge in [-0.1, -0.05) is 12.5 Å². The van der Waals surface area contributed by atoms with Crippen LogP contribution in [0, 0.1) is 0 Å². The van der Waals surface area contributed by atoms with Crippen molar-refractivity contribution < 1.29 is 19.0 Å². The Kier molecular flexibility index (Phi) is 7.74. The minimum absolute atomic E-state index is 0.0705. The highest BCUT2D eigenvalue weighted by Gasteiger charge is 2.25. The molecule has 0 aliphatic carbocycles. The molecule has 0 amide bonds. The average Bonchev–Trinajstić information content (AvgIpc) is 2.29. The first kappa shape index (κ1) is 16.1. The predicted molar refractivity (Wildman–Crippen MR) is 64.2 cm³/mol. The second-order valence-electron chi connectivity index (χ2n) is 3.81. The molecule has 0 aliphatic heterocycles. The molecular formula is C12H22FNO3. The van der Waals surface area contributed by atoms with Gasteiger partial charge < -0.3 is 9.84 Å². The molecule has 0 saturated carbocycles. The summed E-state index contributed by atoms with van der Waals surface area (Å²) in [7, 11) is 1.56. The molecule has 0 aromatic rings. The lowest BCUT2D eigenvalue weighted by Gasteiger charge is -2.25. The van der Waals surface area contributed by atoms with Crippen LogP contribution in [0.2, 0.25) is 0 Å². The van der Waals surface area contributed by atoms with Gasteiger partial charge in [-0.3, -0.25) is 4.90 Å². The van der Waals surface area contributed by atoms with Crippen molar-refractivity contribution >= 4 is 5.97 Å². The average molecular weight is 247 g/mol. The van der Waals surface area contributed by atoms with Crippen LogP contribution in [0.1, 0.15) is 27.2 Å². The lowest BCUT2D eigenvalue weighted by Crippen LogP contribution is -2.38. The largest absolute Gasteiger partial charge is 0.463 e. The van der Waals surface area contributed by atoms with Gasteiger partial charge in [0.15, 0.2) is 0 Å². The van der Waals surface area contributed by atoms with Crippen LogP contribution >= 0.6 is 0 Å². The maximum Gasteiger partial charge on any atom is 0.337 e. The Morgan fingerprint density at radius 2 is 2.06 bits per heavy atom. The van der Waals surface area contributed by atoms with E-state index in [0.29, 0.717) is 6.42 Å². The summed E-state index contributed by atoms with van der Waals surface area (Å²) in [5.41, 5.74) is 0.965. The molecule has 100 valence electrons. The van der Waals surface area contributed by atoms with Gasteiger partial charge >= 0.3 is 5.97 Å². The third-order valence-corrected chi connectivity index (χ3v) is 2.60. The van der Waals surface area contributed by atoms with Crippen molar-refractivity contribution in [1.29, 1.82) is 0 Å². The number of likely N-dealkylation sites (N-methyl/N-ethyl adjacent to an activating group) is 1. The summed E-state index contributed by atoms with van der Waals surface area (Å²) in [5, 5.41) is 10.0. The number of esters is 1. The predicted octanol–water partition coefficient (Wildman–Crippen LogP) is 1.50. The number of alkyl halides is 1. The van der Waals surface area contributed by atoms with Crippen molar-refractivity contribution in [3.8, 4) is 0 Å². The Hall–Kier alpha value is -0.940. The molecule has 0 fully saturated rings. The molecule has 0 bridgehead atoms. The summed E-state index contributed by atoms with van der Waals surface area (Å²) < 4.78 is 17.1. The van der Waals surface area contributed by atoms with Gasteiger partial charge in [0.1, 0.15) is 12.9 Å². The number of rotatable bonds is 7. The number of allylic oxidation sites excluding steroid dienone is 1. The van der Waals surface area contributed by atoms with E-state index in [0.717, 1.165) is 5.57 Å². The van der Waals surface area contributed by atoms with E-state index in [-0.39, 0.29) is 18.7 Å². The molecule has 5 heteroatoms. The number of carbonyl (C=O) groups is 1. The van der Waals surface area contributed by atoms with Gasteiger partial charge in [-0.25, -0.2) is 9.18 Å². The van der Waals surface area contributed by atoms with Crippen molar-refractivity contribution in [2.24, 2.45) is 0 Å². The van der Waals surface area contributed by atoms with Gasteiger partial charge in [0, 0.05) is 6.54 Å². The maximum atomic E-state index is 12.2. The Balaban J connectivity index is 5.00. The normalized spacial score (nSPS) is 14.5. The first-order valence-corrected chi connectivity index (χ1v) is 5.80. The van der Waals surface area contributed by atoms with Crippen LogP contribution in [0.3, 0.4) is 0 Å². The number of aliphatic hydroxyl groups excluding tert-OH is 1. The maximum absolute atomic E-state index is 12.2. The fraction of sp³-hybridized carbons (Fsp3) is 0.750. The van der Waals surface area contributed by atoms with E-state index in [9.17, 15) is 14.3 Å². The minimum atomic E-state index is -1.12. The van der Waals surface area contributed by atoms with Gasteiger partial charge in [0.05, 0.1) is 12.2 Å². The van der Waals surface area contributed by atoms with Crippen molar-refractivity contribution in [1.82, 2.24) is 4.90 Å². The zero-order valence-electron chi connectivity index (χ0n) is 11.0. The number of aliphatic hydroxyl groups is 1. The third-order valence-electron chi connectivity index (χ3n) is 2.60. The Labute approximate surface area is 102 Å². The molecule has 1 N–H and O–H groups in total. The second kappa shape index (κ2) is 8.20. The molecule has 0 rings (SSSR count). The lowest BCUT2D eigenvalue weighted by atomic mass is 10.1. The fourth-order valence-corrected chi connectivity index (χ4v) is 1.38. The SMILES string of the molecule is CCOC(=O)C(=C(C)CC)C(O)N(C)CCF. The van der Waals surface area contributed by atoms with E-state index in [1.54, 1.807) is 20.9 Å². The summed E-state index contributed by atoms with van der Waals surface area (Å²) in [6.45, 7) is 5.10. The zero-order valence-corrected chi connectivity index (χ0v) is 11.0. The second-order valence-corrected chi connectivity index (χ2v) is 3.81. The van der Waals surface area contributed by atoms with Crippen molar-refractivity contribution in [3.05, 3.63) is 11.1 Å². The summed E-state index contributed by atoms with van der Waals surface area (Å²) in [4.78, 5) is 13.1. The molecule has 17 heavy (non-hydrogen) atoms. The standard InChI is InChI=1S/C12H22FNO3/c1-5-9(3)10(12(16)17-6-2)11(15)14(4)8-7-13/h11,15H,5-8H2,1-4H3. The lowest BCUT2D eigenvalue weighted by molar-refractivity contribution is -0.141. The van der Waals surface area contributed by atoms with Crippen LogP contribution in [-0.4, -0.2) is 49.1 Å². The highest BCUT2D eigenvalue weighted by atomic mass is 19.1. The summed E-state index contributed by atoms with van der Waals surface area (Å²) in [5.74, 6) is -0.537. The highest BCUT2D eigenvalue weighted by Crippen LogP contribution is 2.16. The first-order chi connectivity index (χ1) is 7.99. The van der Waals surface area contributed by atoms with E-state index in [4.69, 9.17) is 4.74 Å². The summed E-state index contributed by atoms with van der Waals surface area (Å²) in [6, 6.07) is 0. The van der Waals surface area contributed by atoms with Crippen LogP contribution < -0.4 is 0 Å². The van der Waals surface area contributed by atoms with E-state index in [2.05, 4.69) is 0 Å². The third kappa shape index (κ3) is 4.83. The fourth-order valence-electron chi connectivity index (χ4n) is 1.38. The number of hydrogen-bond acceptors (Lipinski definition) is 4. The van der Waals surface area contributed by atoms with E-state index >= 15 is 0 Å². The van der Waals surface area contributed by atoms with Crippen molar-refractivity contribution in [2.75, 3.05) is 26.9 Å². The smallest absolute Gasteiger partial charge is 0.337 e. The molecule has 0 spiro atoms. The molecule has 0 heterocycles. The summed E-state index contributed by atoms with van der Waals surface area (Å²) >= 11 is 0. The van der Waals surface area contributed by atoms with Gasteiger partial charge in [0.2, 0.25) is 0 Å². The van der Waals surface area contributed by atoms with Crippen LogP contribution in [0.5, 0.6) is 0 Å². The van der Waals surface area contributed by atoms with E-state index < -0.39 is 18.9 Å². The minimum Gasteiger partial charge on any atom is -0.463 e. The quantitative estimate of drug-likeness (QED) is 0.421. The number of nitrogens with zero attached hydrogens (tertiary/aromatic N) is 1. The van der Waals surface area contributed by atoms with Gasteiger partial charge in [-0.15, -0.1) is 0 Å². The van der Waals surface area contributed by atoms with Crippen LogP contribution in [0.4, 0.5) is 4.39 Å². The molecule has 0 aliphatic rings. The van der Waals surface area contributed by atoms with Gasteiger partial charge in [-0.2, -0.15) is 0 Å². The molecule has 1 atom stereocenters. The van der Waals surface area contributed by atoms with Crippen molar-refractivity contribution in [3.63, 3.8) is 0 Å². The first-order valence-electron chi connectivity index (χ1n) is 5.80. The summed E-state index contributed by atoms with van der Waals surface area (Å²) in [6.07, 6.45) is -0.487. The van der Waals surface area contributed by atoms with E-state index in [1.165, 1.54) is 4.90 Å². The zero-order chi connectivity index (χ0) is 13.4. The Morgan fingerprint density at radius 1 is 1.47 bits per heavy atom. The Bertz CT molecular complexity index is 279. The molecule has 4 nitrogen and oxygen atoms in total. The number of ether oxygens (including phenoxy) is 1. The van der Waals surface area contributed by atoms with Gasteiger partial charge in [-0.05, 0) is 27.3 Å². The number of hydrogen-bond donors (Lipinski definition) is 1. The van der Waals surface area contributed by atoms with Gasteiger partial charge in [0.25, 0.3) is 0 Å². The Morgan fingerprint density at radius 3 is 2.47 bits per heavy atom. The molecule has 0 saturated heterocycles. The molecule has 0 radical (unpaired) electrons. The number of halogens is 1. The number of carbonyl (C=O) groups excluding carboxylic acids is 1. The van der Waals surface area contributed by atoms with Crippen molar-refractivity contribution in [2.45, 2.75) is 33.4 Å². The monoisotopic (exact) mass is 247 g/mol. The van der Waals surface area contributed by atoms with Crippen LogP contribution in [-0.2, 0) is 9.53 Å². The molecule has 0 aromatic carbocycles. The van der Waals surface area contributed by atoms with Crippen LogP contribution in [0.15, 0.2) is 11.1 Å². The van der Waals surface area contributed by atoms with E-state index in [1.807, 2.05) is 6.92 Å². The molecular weight excluding hydrogens is 225 g/mol. The topological polar surface area (TPSA) is 49.8 Å².